The zero-order valence-electron chi connectivity index (χ0n) is 11.1. The fraction of sp³-hybridized carbons (Fsp3) is 0.692. The van der Waals surface area contributed by atoms with E-state index < -0.39 is 0 Å². The van der Waals surface area contributed by atoms with Crippen molar-refractivity contribution < 1.29 is 9.53 Å². The van der Waals surface area contributed by atoms with Crippen LogP contribution >= 0.6 is 0 Å². The first-order valence-electron chi connectivity index (χ1n) is 6.58. The van der Waals surface area contributed by atoms with Crippen LogP contribution in [0, 0.1) is 0 Å². The number of imidazole rings is 1. The van der Waals surface area contributed by atoms with Crippen LogP contribution in [0.1, 0.15) is 37.9 Å². The van der Waals surface area contributed by atoms with E-state index in [1.807, 2.05) is 24.7 Å². The number of likely N-dealkylation sites (tertiary alicyclic amines) is 1. The molecule has 0 N–H and O–H groups in total. The van der Waals surface area contributed by atoms with E-state index in [0.29, 0.717) is 13.0 Å². The molecule has 1 unspecified atom stereocenters. The largest absolute Gasteiger partial charge is 0.466 e. The third kappa shape index (κ3) is 2.90. The van der Waals surface area contributed by atoms with Gasteiger partial charge < -0.3 is 9.30 Å². The van der Waals surface area contributed by atoms with E-state index in [1.165, 1.54) is 12.8 Å². The average molecular weight is 251 g/mol. The molecule has 18 heavy (non-hydrogen) atoms. The maximum Gasteiger partial charge on any atom is 0.307 e. The van der Waals surface area contributed by atoms with Crippen LogP contribution in [0.2, 0.25) is 0 Å². The molecule has 1 fully saturated rings. The smallest absolute Gasteiger partial charge is 0.307 e. The molecule has 2 rings (SSSR count). The number of nitrogens with zero attached hydrogens (tertiary/aromatic N) is 3. The molecule has 1 atom stereocenters. The summed E-state index contributed by atoms with van der Waals surface area (Å²) in [4.78, 5) is 18.2. The summed E-state index contributed by atoms with van der Waals surface area (Å²) in [6.45, 7) is 4.38. The van der Waals surface area contributed by atoms with Crippen molar-refractivity contribution in [3.8, 4) is 0 Å². The van der Waals surface area contributed by atoms with Crippen LogP contribution in [0.4, 0.5) is 0 Å². The third-order valence-electron chi connectivity index (χ3n) is 3.44. The molecular weight excluding hydrogens is 230 g/mol. The Kier molecular flexibility index (Phi) is 4.36. The van der Waals surface area contributed by atoms with Gasteiger partial charge in [-0.1, -0.05) is 0 Å². The highest BCUT2D eigenvalue weighted by atomic mass is 16.5. The molecule has 5 nitrogen and oxygen atoms in total. The number of ether oxygens (including phenoxy) is 1. The SMILES string of the molecule is CCOC(=O)CC(c1cncn1C)N1CCCC1. The van der Waals surface area contributed by atoms with Crippen LogP contribution < -0.4 is 0 Å². The fourth-order valence-electron chi connectivity index (χ4n) is 2.54. The highest BCUT2D eigenvalue weighted by Crippen LogP contribution is 2.27. The van der Waals surface area contributed by atoms with Crippen molar-refractivity contribution in [1.29, 1.82) is 0 Å². The zero-order chi connectivity index (χ0) is 13.0. The molecule has 1 aromatic rings. The van der Waals surface area contributed by atoms with Gasteiger partial charge in [0.15, 0.2) is 0 Å². The molecule has 0 amide bonds. The van der Waals surface area contributed by atoms with Crippen molar-refractivity contribution in [1.82, 2.24) is 14.5 Å². The van der Waals surface area contributed by atoms with Gasteiger partial charge in [-0.15, -0.1) is 0 Å². The zero-order valence-corrected chi connectivity index (χ0v) is 11.1. The van der Waals surface area contributed by atoms with Crippen molar-refractivity contribution >= 4 is 5.97 Å². The molecule has 0 aromatic carbocycles. The number of rotatable bonds is 5. The van der Waals surface area contributed by atoms with Gasteiger partial charge in [0.05, 0.1) is 31.1 Å². The minimum Gasteiger partial charge on any atom is -0.466 e. The molecule has 1 aliphatic rings. The molecule has 5 heteroatoms. The van der Waals surface area contributed by atoms with Crippen molar-refractivity contribution in [3.05, 3.63) is 18.2 Å². The van der Waals surface area contributed by atoms with Gasteiger partial charge in [0.25, 0.3) is 0 Å². The van der Waals surface area contributed by atoms with Gasteiger partial charge in [-0.2, -0.15) is 0 Å². The first-order valence-corrected chi connectivity index (χ1v) is 6.58. The lowest BCUT2D eigenvalue weighted by Crippen LogP contribution is -2.29. The van der Waals surface area contributed by atoms with E-state index in [9.17, 15) is 4.79 Å². The Morgan fingerprint density at radius 2 is 2.22 bits per heavy atom. The third-order valence-corrected chi connectivity index (χ3v) is 3.44. The topological polar surface area (TPSA) is 47.4 Å². The summed E-state index contributed by atoms with van der Waals surface area (Å²) in [6, 6.07) is 0.0963. The molecule has 0 saturated carbocycles. The number of hydrogen-bond acceptors (Lipinski definition) is 4. The molecule has 0 bridgehead atoms. The highest BCUT2D eigenvalue weighted by Gasteiger charge is 2.28. The predicted molar refractivity (Wildman–Crippen MR) is 68.0 cm³/mol. The second-order valence-corrected chi connectivity index (χ2v) is 4.70. The quantitative estimate of drug-likeness (QED) is 0.744. The summed E-state index contributed by atoms with van der Waals surface area (Å²) in [5.74, 6) is -0.129. The predicted octanol–water partition coefficient (Wildman–Crippen LogP) is 1.51. The summed E-state index contributed by atoms with van der Waals surface area (Å²) in [6.07, 6.45) is 6.45. The maximum atomic E-state index is 11.7. The lowest BCUT2D eigenvalue weighted by atomic mass is 10.1. The van der Waals surface area contributed by atoms with Crippen molar-refractivity contribution in [3.63, 3.8) is 0 Å². The average Bonchev–Trinajstić information content (AvgIpc) is 2.97. The monoisotopic (exact) mass is 251 g/mol. The van der Waals surface area contributed by atoms with E-state index in [2.05, 4.69) is 9.88 Å². The molecule has 1 saturated heterocycles. The molecule has 100 valence electrons. The van der Waals surface area contributed by atoms with Crippen LogP contribution in [-0.4, -0.2) is 40.1 Å². The van der Waals surface area contributed by atoms with Crippen LogP contribution in [0.25, 0.3) is 0 Å². The lowest BCUT2D eigenvalue weighted by molar-refractivity contribution is -0.144. The van der Waals surface area contributed by atoms with Crippen LogP contribution in [-0.2, 0) is 16.6 Å². The van der Waals surface area contributed by atoms with E-state index in [4.69, 9.17) is 4.74 Å². The number of esters is 1. The van der Waals surface area contributed by atoms with Crippen LogP contribution in [0.3, 0.4) is 0 Å². The second-order valence-electron chi connectivity index (χ2n) is 4.70. The number of aromatic nitrogens is 2. The van der Waals surface area contributed by atoms with Gasteiger partial charge in [0, 0.05) is 13.2 Å². The highest BCUT2D eigenvalue weighted by molar-refractivity contribution is 5.70. The summed E-state index contributed by atoms with van der Waals surface area (Å²) in [5.41, 5.74) is 1.09. The standard InChI is InChI=1S/C13H21N3O2/c1-3-18-13(17)8-11(16-6-4-5-7-16)12-9-14-10-15(12)2/h9-11H,3-8H2,1-2H3. The van der Waals surface area contributed by atoms with Crippen LogP contribution in [0.5, 0.6) is 0 Å². The van der Waals surface area contributed by atoms with E-state index in [1.54, 1.807) is 6.33 Å². The second kappa shape index (κ2) is 6.00. The summed E-state index contributed by atoms with van der Waals surface area (Å²) >= 11 is 0. The van der Waals surface area contributed by atoms with Gasteiger partial charge in [-0.3, -0.25) is 9.69 Å². The summed E-state index contributed by atoms with van der Waals surface area (Å²) in [5, 5.41) is 0. The van der Waals surface area contributed by atoms with Crippen molar-refractivity contribution in [2.45, 2.75) is 32.2 Å². The van der Waals surface area contributed by atoms with Gasteiger partial charge >= 0.3 is 5.97 Å². The van der Waals surface area contributed by atoms with Crippen molar-refractivity contribution in [2.75, 3.05) is 19.7 Å². The van der Waals surface area contributed by atoms with E-state index in [-0.39, 0.29) is 12.0 Å². The Balaban J connectivity index is 2.12. The lowest BCUT2D eigenvalue weighted by Gasteiger charge is -2.26. The van der Waals surface area contributed by atoms with E-state index >= 15 is 0 Å². The molecule has 2 heterocycles. The van der Waals surface area contributed by atoms with E-state index in [0.717, 1.165) is 18.8 Å². The first kappa shape index (κ1) is 13.1. The number of hydrogen-bond donors (Lipinski definition) is 0. The van der Waals surface area contributed by atoms with Gasteiger partial charge in [-0.25, -0.2) is 4.98 Å². The minimum absolute atomic E-state index is 0.0963. The molecule has 1 aliphatic heterocycles. The number of aryl methyl sites for hydroxylation is 1. The Morgan fingerprint density at radius 1 is 1.50 bits per heavy atom. The normalized spacial score (nSPS) is 17.9. The van der Waals surface area contributed by atoms with Crippen molar-refractivity contribution in [2.24, 2.45) is 7.05 Å². The molecule has 0 spiro atoms. The van der Waals surface area contributed by atoms with Gasteiger partial charge in [0.2, 0.25) is 0 Å². The summed E-state index contributed by atoms with van der Waals surface area (Å²) in [7, 11) is 1.97. The number of carbonyl (C=O) groups is 1. The summed E-state index contributed by atoms with van der Waals surface area (Å²) < 4.78 is 7.06. The maximum absolute atomic E-state index is 11.7. The Hall–Kier alpha value is -1.36. The molecule has 0 aliphatic carbocycles. The Bertz CT molecular complexity index is 397. The van der Waals surface area contributed by atoms with Gasteiger partial charge in [0.1, 0.15) is 0 Å². The number of carbonyl (C=O) groups excluding carboxylic acids is 1. The fourth-order valence-corrected chi connectivity index (χ4v) is 2.54. The molecular formula is C13H21N3O2. The Labute approximate surface area is 108 Å². The molecule has 0 radical (unpaired) electrons. The van der Waals surface area contributed by atoms with Gasteiger partial charge in [-0.05, 0) is 32.9 Å². The Morgan fingerprint density at radius 3 is 2.78 bits per heavy atom. The van der Waals surface area contributed by atoms with Crippen LogP contribution in [0.15, 0.2) is 12.5 Å². The first-order chi connectivity index (χ1) is 8.72. The molecule has 1 aromatic heterocycles. The minimum atomic E-state index is -0.129.